The van der Waals surface area contributed by atoms with Crippen LogP contribution in [0.5, 0.6) is 6.01 Å². The van der Waals surface area contributed by atoms with Gasteiger partial charge in [-0.1, -0.05) is 0 Å². The van der Waals surface area contributed by atoms with Gasteiger partial charge in [0.05, 0.1) is 12.5 Å². The summed E-state index contributed by atoms with van der Waals surface area (Å²) in [6, 6.07) is 0.175. The van der Waals surface area contributed by atoms with Gasteiger partial charge in [-0.25, -0.2) is 5.10 Å². The molecule has 0 saturated carbocycles. The lowest BCUT2D eigenvalue weighted by molar-refractivity contribution is -0.123. The maximum Gasteiger partial charge on any atom is 0.336 e. The third kappa shape index (κ3) is 2.82. The number of nitrogens with zero attached hydrogens (tertiary/aromatic N) is 2. The first-order chi connectivity index (χ1) is 6.99. The maximum atomic E-state index is 11.6. The Morgan fingerprint density at radius 3 is 2.80 bits per heavy atom. The Morgan fingerprint density at radius 1 is 1.67 bits per heavy atom. The quantitative estimate of drug-likeness (QED) is 0.760. The molecule has 0 aliphatic heterocycles. The van der Waals surface area contributed by atoms with Gasteiger partial charge >= 0.3 is 6.01 Å². The van der Waals surface area contributed by atoms with E-state index in [0.717, 1.165) is 0 Å². The van der Waals surface area contributed by atoms with Crippen molar-refractivity contribution in [2.45, 2.75) is 13.8 Å². The molecule has 0 radical (unpaired) electrons. The van der Waals surface area contributed by atoms with Crippen molar-refractivity contribution in [2.24, 2.45) is 5.41 Å². The highest BCUT2D eigenvalue weighted by molar-refractivity contribution is 6.20. The molecule has 1 aromatic rings. The Bertz CT molecular complexity index is 350. The van der Waals surface area contributed by atoms with Crippen molar-refractivity contribution < 1.29 is 9.53 Å². The van der Waals surface area contributed by atoms with Crippen LogP contribution in [0.2, 0.25) is 0 Å². The topological polar surface area (TPSA) is 79.9 Å². The minimum absolute atomic E-state index is 0.175. The molecular formula is C8H13ClN4O2. The third-order valence-electron chi connectivity index (χ3n) is 1.83. The molecular weight excluding hydrogens is 220 g/mol. The fraction of sp³-hybridized carbons (Fsp3) is 0.625. The van der Waals surface area contributed by atoms with Crippen molar-refractivity contribution in [3.05, 3.63) is 0 Å². The van der Waals surface area contributed by atoms with Gasteiger partial charge in [0, 0.05) is 5.88 Å². The van der Waals surface area contributed by atoms with Gasteiger partial charge in [-0.15, -0.1) is 16.7 Å². The van der Waals surface area contributed by atoms with Crippen molar-refractivity contribution in [1.82, 2.24) is 15.2 Å². The van der Waals surface area contributed by atoms with E-state index in [1.165, 1.54) is 7.11 Å². The number of anilines is 1. The summed E-state index contributed by atoms with van der Waals surface area (Å²) in [6.45, 7) is 3.48. The number of amides is 1. The molecule has 1 rings (SSSR count). The van der Waals surface area contributed by atoms with E-state index < -0.39 is 5.41 Å². The molecule has 0 saturated heterocycles. The summed E-state index contributed by atoms with van der Waals surface area (Å²) in [5.41, 5.74) is -0.651. The van der Waals surface area contributed by atoms with Gasteiger partial charge in [0.25, 0.3) is 0 Å². The van der Waals surface area contributed by atoms with Crippen LogP contribution in [0.4, 0.5) is 5.95 Å². The second-order valence-electron chi connectivity index (χ2n) is 3.64. The maximum absolute atomic E-state index is 11.6. The number of H-pyrrole nitrogens is 1. The van der Waals surface area contributed by atoms with Crippen LogP contribution in [0.1, 0.15) is 13.8 Å². The van der Waals surface area contributed by atoms with Crippen molar-refractivity contribution in [3.8, 4) is 6.01 Å². The molecule has 0 fully saturated rings. The molecule has 15 heavy (non-hydrogen) atoms. The molecule has 0 aliphatic rings. The first-order valence-electron chi connectivity index (χ1n) is 4.33. The number of carbonyl (C=O) groups excluding carboxylic acids is 1. The molecule has 1 amide bonds. The number of hydrogen-bond donors (Lipinski definition) is 2. The van der Waals surface area contributed by atoms with E-state index in [1.807, 2.05) is 0 Å². The van der Waals surface area contributed by atoms with Gasteiger partial charge in [-0.05, 0) is 13.8 Å². The highest BCUT2D eigenvalue weighted by Crippen LogP contribution is 2.19. The zero-order valence-corrected chi connectivity index (χ0v) is 9.55. The second-order valence-corrected chi connectivity index (χ2v) is 3.91. The molecule has 0 unspecified atom stereocenters. The number of aromatic amines is 1. The molecule has 0 bridgehead atoms. The summed E-state index contributed by atoms with van der Waals surface area (Å²) in [7, 11) is 1.44. The highest BCUT2D eigenvalue weighted by Gasteiger charge is 2.27. The zero-order chi connectivity index (χ0) is 11.5. The van der Waals surface area contributed by atoms with Crippen molar-refractivity contribution >= 4 is 23.5 Å². The van der Waals surface area contributed by atoms with Gasteiger partial charge in [-0.2, -0.15) is 4.98 Å². The van der Waals surface area contributed by atoms with E-state index in [9.17, 15) is 4.79 Å². The average Bonchev–Trinajstić information content (AvgIpc) is 2.65. The standard InChI is InChI=1S/C8H13ClN4O2/c1-8(2,4-9)5(14)10-6-11-7(15-3)13-12-6/h4H2,1-3H3,(H2,10,11,12,13,14). The number of methoxy groups -OCH3 is 1. The zero-order valence-electron chi connectivity index (χ0n) is 8.80. The molecule has 84 valence electrons. The Morgan fingerprint density at radius 2 is 2.33 bits per heavy atom. The normalized spacial score (nSPS) is 11.2. The predicted molar refractivity (Wildman–Crippen MR) is 56.1 cm³/mol. The van der Waals surface area contributed by atoms with Crippen LogP contribution < -0.4 is 10.1 Å². The smallest absolute Gasteiger partial charge is 0.336 e. The molecule has 1 heterocycles. The summed E-state index contributed by atoms with van der Waals surface area (Å²) in [5, 5.41) is 8.77. The molecule has 0 spiro atoms. The highest BCUT2D eigenvalue weighted by atomic mass is 35.5. The van der Waals surface area contributed by atoms with Crippen molar-refractivity contribution in [2.75, 3.05) is 18.3 Å². The van der Waals surface area contributed by atoms with Gasteiger partial charge in [-0.3, -0.25) is 10.1 Å². The van der Waals surface area contributed by atoms with Crippen LogP contribution >= 0.6 is 11.6 Å². The first kappa shape index (κ1) is 11.8. The van der Waals surface area contributed by atoms with E-state index >= 15 is 0 Å². The lowest BCUT2D eigenvalue weighted by Crippen LogP contribution is -2.32. The van der Waals surface area contributed by atoms with E-state index in [2.05, 4.69) is 20.5 Å². The number of carbonyl (C=O) groups is 1. The summed E-state index contributed by atoms with van der Waals surface area (Å²) < 4.78 is 4.76. The summed E-state index contributed by atoms with van der Waals surface area (Å²) in [6.07, 6.45) is 0. The van der Waals surface area contributed by atoms with Crippen molar-refractivity contribution in [3.63, 3.8) is 0 Å². The molecule has 0 aliphatic carbocycles. The van der Waals surface area contributed by atoms with Gasteiger partial charge in [0.1, 0.15) is 0 Å². The third-order valence-corrected chi connectivity index (χ3v) is 2.50. The first-order valence-corrected chi connectivity index (χ1v) is 4.87. The summed E-state index contributed by atoms with van der Waals surface area (Å²) in [5.74, 6) is 0.246. The van der Waals surface area contributed by atoms with Crippen LogP contribution in [0, 0.1) is 5.41 Å². The number of nitrogens with one attached hydrogen (secondary N) is 2. The minimum atomic E-state index is -0.651. The Kier molecular flexibility index (Phi) is 3.52. The van der Waals surface area contributed by atoms with E-state index in [4.69, 9.17) is 16.3 Å². The monoisotopic (exact) mass is 232 g/mol. The number of ether oxygens (including phenoxy) is 1. The van der Waals surface area contributed by atoms with Crippen LogP contribution in [0.15, 0.2) is 0 Å². The summed E-state index contributed by atoms with van der Waals surface area (Å²) >= 11 is 5.66. The number of rotatable bonds is 4. The molecule has 7 heteroatoms. The van der Waals surface area contributed by atoms with Crippen LogP contribution in [0.3, 0.4) is 0 Å². The molecule has 0 aromatic carbocycles. The SMILES string of the molecule is COc1n[nH]c(NC(=O)C(C)(C)CCl)n1. The van der Waals surface area contributed by atoms with Gasteiger partial charge in [0.2, 0.25) is 11.9 Å². The minimum Gasteiger partial charge on any atom is -0.466 e. The lowest BCUT2D eigenvalue weighted by atomic mass is 9.95. The molecule has 1 aromatic heterocycles. The molecule has 6 nitrogen and oxygen atoms in total. The number of aromatic nitrogens is 3. The van der Waals surface area contributed by atoms with E-state index in [1.54, 1.807) is 13.8 Å². The van der Waals surface area contributed by atoms with E-state index in [-0.39, 0.29) is 23.7 Å². The largest absolute Gasteiger partial charge is 0.466 e. The van der Waals surface area contributed by atoms with Crippen LogP contribution in [0.25, 0.3) is 0 Å². The second kappa shape index (κ2) is 4.48. The van der Waals surface area contributed by atoms with Gasteiger partial charge in [0.15, 0.2) is 0 Å². The molecule has 2 N–H and O–H groups in total. The number of hydrogen-bond acceptors (Lipinski definition) is 4. The Labute approximate surface area is 92.4 Å². The fourth-order valence-electron chi connectivity index (χ4n) is 0.731. The van der Waals surface area contributed by atoms with Crippen LogP contribution in [-0.4, -0.2) is 34.1 Å². The Hall–Kier alpha value is -1.30. The summed E-state index contributed by atoms with van der Waals surface area (Å²) in [4.78, 5) is 15.5. The average molecular weight is 233 g/mol. The van der Waals surface area contributed by atoms with Crippen molar-refractivity contribution in [1.29, 1.82) is 0 Å². The van der Waals surface area contributed by atoms with Gasteiger partial charge < -0.3 is 4.74 Å². The lowest BCUT2D eigenvalue weighted by Gasteiger charge is -2.18. The number of halogens is 1. The predicted octanol–water partition coefficient (Wildman–Crippen LogP) is 1.02. The van der Waals surface area contributed by atoms with Crippen LogP contribution in [-0.2, 0) is 4.79 Å². The number of alkyl halides is 1. The Balaban J connectivity index is 2.66. The fourth-order valence-corrected chi connectivity index (χ4v) is 0.852. The van der Waals surface area contributed by atoms with E-state index in [0.29, 0.717) is 0 Å². The molecule has 0 atom stereocenters.